The summed E-state index contributed by atoms with van der Waals surface area (Å²) in [5.74, 6) is 2.52. The number of benzene rings is 1. The highest BCUT2D eigenvalue weighted by Gasteiger charge is 2.28. The van der Waals surface area contributed by atoms with Crippen LogP contribution < -0.4 is 5.32 Å². The van der Waals surface area contributed by atoms with Crippen LogP contribution in [-0.2, 0) is 11.3 Å². The normalized spacial score (nSPS) is 18.4. The summed E-state index contributed by atoms with van der Waals surface area (Å²) >= 11 is 3.49. The fourth-order valence-electron chi connectivity index (χ4n) is 4.13. The van der Waals surface area contributed by atoms with Gasteiger partial charge in [0.15, 0.2) is 0 Å². The van der Waals surface area contributed by atoms with E-state index in [1.165, 1.54) is 28.4 Å². The first-order chi connectivity index (χ1) is 14.6. The van der Waals surface area contributed by atoms with Gasteiger partial charge in [-0.15, -0.1) is 11.3 Å². The monoisotopic (exact) mass is 443 g/mol. The molecule has 2 aliphatic rings. The Balaban J connectivity index is 1.33. The van der Waals surface area contributed by atoms with E-state index in [9.17, 15) is 9.59 Å². The molecular formula is C23H29N3O2S2. The van der Waals surface area contributed by atoms with Crippen LogP contribution in [0.5, 0.6) is 0 Å². The third-order valence-electron chi connectivity index (χ3n) is 6.09. The molecule has 0 saturated carbocycles. The van der Waals surface area contributed by atoms with E-state index < -0.39 is 0 Å². The van der Waals surface area contributed by atoms with Crippen LogP contribution in [0.25, 0.3) is 0 Å². The fourth-order valence-corrected chi connectivity index (χ4v) is 5.80. The number of nitrogens with one attached hydrogen (secondary N) is 1. The number of hydrogen-bond acceptors (Lipinski definition) is 5. The number of anilines is 1. The van der Waals surface area contributed by atoms with E-state index in [0.717, 1.165) is 35.8 Å². The van der Waals surface area contributed by atoms with Crippen LogP contribution in [0.1, 0.15) is 33.6 Å². The van der Waals surface area contributed by atoms with Crippen molar-refractivity contribution in [3.63, 3.8) is 0 Å². The Morgan fingerprint density at radius 1 is 1.07 bits per heavy atom. The SMILES string of the molecule is Cc1c(CN2CCSCC2)cccc1NC(=O)C1CCN(C(=O)c2cccs2)CC1. The molecule has 160 valence electrons. The van der Waals surface area contributed by atoms with E-state index in [4.69, 9.17) is 0 Å². The number of thioether (sulfide) groups is 1. The second kappa shape index (κ2) is 9.98. The number of carbonyl (C=O) groups is 2. The first-order valence-electron chi connectivity index (χ1n) is 10.6. The summed E-state index contributed by atoms with van der Waals surface area (Å²) < 4.78 is 0. The molecule has 0 radical (unpaired) electrons. The first-order valence-corrected chi connectivity index (χ1v) is 12.7. The van der Waals surface area contributed by atoms with Crippen molar-refractivity contribution in [2.24, 2.45) is 5.92 Å². The Hall–Kier alpha value is -1.83. The minimum absolute atomic E-state index is 0.0421. The zero-order chi connectivity index (χ0) is 20.9. The summed E-state index contributed by atoms with van der Waals surface area (Å²) in [4.78, 5) is 30.5. The van der Waals surface area contributed by atoms with Gasteiger partial charge in [-0.1, -0.05) is 18.2 Å². The molecule has 3 heterocycles. The van der Waals surface area contributed by atoms with E-state index >= 15 is 0 Å². The van der Waals surface area contributed by atoms with Crippen LogP contribution in [0.15, 0.2) is 35.7 Å². The molecule has 7 heteroatoms. The third kappa shape index (κ3) is 5.07. The lowest BCUT2D eigenvalue weighted by atomic mass is 9.95. The Bertz CT molecular complexity index is 871. The van der Waals surface area contributed by atoms with Gasteiger partial charge >= 0.3 is 0 Å². The standard InChI is InChI=1S/C23H29N3O2S2/c1-17-19(16-25-11-14-29-15-12-25)4-2-5-20(17)24-22(27)18-7-9-26(10-8-18)23(28)21-6-3-13-30-21/h2-6,13,18H,7-12,14-16H2,1H3,(H,24,27). The number of hydrogen-bond donors (Lipinski definition) is 1. The summed E-state index contributed by atoms with van der Waals surface area (Å²) in [6, 6.07) is 9.97. The maximum atomic E-state index is 12.9. The van der Waals surface area contributed by atoms with Gasteiger partial charge in [-0.2, -0.15) is 11.8 Å². The molecule has 0 spiro atoms. The quantitative estimate of drug-likeness (QED) is 0.756. The highest BCUT2D eigenvalue weighted by Crippen LogP contribution is 2.25. The van der Waals surface area contributed by atoms with Gasteiger partial charge < -0.3 is 10.2 Å². The molecule has 4 rings (SSSR count). The van der Waals surface area contributed by atoms with Crippen molar-refractivity contribution < 1.29 is 9.59 Å². The molecule has 1 aromatic heterocycles. The molecule has 0 atom stereocenters. The maximum Gasteiger partial charge on any atom is 0.263 e. The highest BCUT2D eigenvalue weighted by molar-refractivity contribution is 7.99. The van der Waals surface area contributed by atoms with Crippen LogP contribution in [0.4, 0.5) is 5.69 Å². The van der Waals surface area contributed by atoms with E-state index in [1.54, 1.807) is 0 Å². The maximum absolute atomic E-state index is 12.9. The largest absolute Gasteiger partial charge is 0.338 e. The van der Waals surface area contributed by atoms with Crippen LogP contribution in [0.2, 0.25) is 0 Å². The van der Waals surface area contributed by atoms with E-state index in [0.29, 0.717) is 25.9 Å². The molecule has 30 heavy (non-hydrogen) atoms. The zero-order valence-electron chi connectivity index (χ0n) is 17.4. The summed E-state index contributed by atoms with van der Waals surface area (Å²) in [7, 11) is 0. The second-order valence-corrected chi connectivity index (χ2v) is 10.2. The molecule has 0 unspecified atom stereocenters. The number of nitrogens with zero attached hydrogens (tertiary/aromatic N) is 2. The Kier molecular flexibility index (Phi) is 7.12. The first kappa shape index (κ1) is 21.4. The third-order valence-corrected chi connectivity index (χ3v) is 7.89. The van der Waals surface area contributed by atoms with E-state index in [2.05, 4.69) is 23.2 Å². The van der Waals surface area contributed by atoms with Gasteiger partial charge in [0, 0.05) is 55.8 Å². The molecule has 0 aliphatic carbocycles. The van der Waals surface area contributed by atoms with Crippen LogP contribution in [-0.4, -0.2) is 59.3 Å². The smallest absolute Gasteiger partial charge is 0.263 e. The van der Waals surface area contributed by atoms with Crippen molar-refractivity contribution in [3.05, 3.63) is 51.7 Å². The zero-order valence-corrected chi connectivity index (χ0v) is 19.1. The minimum atomic E-state index is -0.0421. The van der Waals surface area contributed by atoms with Gasteiger partial charge in [-0.3, -0.25) is 14.5 Å². The van der Waals surface area contributed by atoms with Crippen molar-refractivity contribution >= 4 is 40.6 Å². The average molecular weight is 444 g/mol. The van der Waals surface area contributed by atoms with Gasteiger partial charge in [0.05, 0.1) is 4.88 Å². The number of rotatable bonds is 5. The molecule has 2 fully saturated rings. The summed E-state index contributed by atoms with van der Waals surface area (Å²) in [6.45, 7) is 6.58. The highest BCUT2D eigenvalue weighted by atomic mass is 32.2. The average Bonchev–Trinajstić information content (AvgIpc) is 3.32. The van der Waals surface area contributed by atoms with Gasteiger partial charge in [-0.05, 0) is 48.4 Å². The molecule has 2 aromatic rings. The molecule has 1 N–H and O–H groups in total. The molecule has 2 aliphatic heterocycles. The van der Waals surface area contributed by atoms with Crippen LogP contribution >= 0.6 is 23.1 Å². The molecule has 2 saturated heterocycles. The topological polar surface area (TPSA) is 52.7 Å². The fraction of sp³-hybridized carbons (Fsp3) is 0.478. The predicted molar refractivity (Wildman–Crippen MR) is 125 cm³/mol. The summed E-state index contributed by atoms with van der Waals surface area (Å²) in [6.07, 6.45) is 1.43. The lowest BCUT2D eigenvalue weighted by Gasteiger charge is -2.31. The lowest BCUT2D eigenvalue weighted by Crippen LogP contribution is -2.41. The van der Waals surface area contributed by atoms with Crippen molar-refractivity contribution in [3.8, 4) is 0 Å². The van der Waals surface area contributed by atoms with Gasteiger partial charge in [-0.25, -0.2) is 0 Å². The van der Waals surface area contributed by atoms with Crippen LogP contribution in [0.3, 0.4) is 0 Å². The van der Waals surface area contributed by atoms with E-state index in [-0.39, 0.29) is 17.7 Å². The summed E-state index contributed by atoms with van der Waals surface area (Å²) in [5, 5.41) is 5.09. The molecule has 2 amide bonds. The summed E-state index contributed by atoms with van der Waals surface area (Å²) in [5.41, 5.74) is 3.37. The van der Waals surface area contributed by atoms with Crippen molar-refractivity contribution in [1.29, 1.82) is 0 Å². The number of likely N-dealkylation sites (tertiary alicyclic amines) is 1. The predicted octanol–water partition coefficient (Wildman–Crippen LogP) is 4.10. The van der Waals surface area contributed by atoms with Crippen molar-refractivity contribution in [1.82, 2.24) is 9.80 Å². The van der Waals surface area contributed by atoms with Crippen molar-refractivity contribution in [2.45, 2.75) is 26.3 Å². The number of piperidine rings is 1. The van der Waals surface area contributed by atoms with Gasteiger partial charge in [0.2, 0.25) is 5.91 Å². The number of carbonyl (C=O) groups excluding carboxylic acids is 2. The van der Waals surface area contributed by atoms with Gasteiger partial charge in [0.25, 0.3) is 5.91 Å². The second-order valence-electron chi connectivity index (χ2n) is 8.01. The minimum Gasteiger partial charge on any atom is -0.338 e. The Morgan fingerprint density at radius 2 is 1.83 bits per heavy atom. The number of thiophene rings is 1. The Morgan fingerprint density at radius 3 is 2.53 bits per heavy atom. The van der Waals surface area contributed by atoms with Crippen LogP contribution in [0, 0.1) is 12.8 Å². The lowest BCUT2D eigenvalue weighted by molar-refractivity contribution is -0.121. The molecule has 5 nitrogen and oxygen atoms in total. The number of amides is 2. The van der Waals surface area contributed by atoms with Gasteiger partial charge in [0.1, 0.15) is 0 Å². The Labute approximate surface area is 186 Å². The molecule has 0 bridgehead atoms. The molecule has 1 aromatic carbocycles. The van der Waals surface area contributed by atoms with Crippen molar-refractivity contribution in [2.75, 3.05) is 43.0 Å². The molecular weight excluding hydrogens is 414 g/mol. The van der Waals surface area contributed by atoms with E-state index in [1.807, 2.05) is 46.3 Å².